The van der Waals surface area contributed by atoms with Gasteiger partial charge in [-0.05, 0) is 12.5 Å². The molecule has 1 aliphatic heterocycles. The average Bonchev–Trinajstić information content (AvgIpc) is 2.82. The molecule has 4 atom stereocenters. The van der Waals surface area contributed by atoms with E-state index in [-0.39, 0.29) is 30.8 Å². The highest BCUT2D eigenvalue weighted by atomic mass is 19.3. The van der Waals surface area contributed by atoms with Gasteiger partial charge in [0.1, 0.15) is 6.10 Å². The van der Waals surface area contributed by atoms with Gasteiger partial charge in [0, 0.05) is 24.7 Å². The van der Waals surface area contributed by atoms with E-state index in [0.717, 1.165) is 18.9 Å². The van der Waals surface area contributed by atoms with E-state index in [9.17, 15) is 18.7 Å². The fraction of sp³-hybridized carbons (Fsp3) is 0.800. The zero-order chi connectivity index (χ0) is 14.8. The van der Waals surface area contributed by atoms with Gasteiger partial charge >= 0.3 is 5.97 Å². The van der Waals surface area contributed by atoms with Gasteiger partial charge < -0.3 is 9.84 Å². The Hall–Kier alpha value is -0.970. The Bertz CT molecular complexity index is 381. The van der Waals surface area contributed by atoms with Gasteiger partial charge in [-0.25, -0.2) is 8.78 Å². The van der Waals surface area contributed by atoms with Crippen molar-refractivity contribution in [3.8, 4) is 0 Å². The zero-order valence-corrected chi connectivity index (χ0v) is 11.7. The van der Waals surface area contributed by atoms with Crippen LogP contribution in [0.4, 0.5) is 8.78 Å². The molecule has 2 aliphatic rings. The number of aliphatic hydroxyl groups excluding tert-OH is 1. The number of esters is 1. The molecular weight excluding hydrogens is 266 g/mol. The van der Waals surface area contributed by atoms with Crippen molar-refractivity contribution in [3.05, 3.63) is 12.2 Å². The molecule has 1 saturated carbocycles. The molecule has 5 heteroatoms. The number of alkyl halides is 2. The number of hydrogen-bond acceptors (Lipinski definition) is 3. The van der Waals surface area contributed by atoms with Crippen LogP contribution in [0.3, 0.4) is 0 Å². The monoisotopic (exact) mass is 288 g/mol. The van der Waals surface area contributed by atoms with E-state index in [1.807, 2.05) is 6.92 Å². The van der Waals surface area contributed by atoms with Gasteiger partial charge in [-0.3, -0.25) is 4.79 Å². The molecule has 2 rings (SSSR count). The summed E-state index contributed by atoms with van der Waals surface area (Å²) in [4.78, 5) is 11.2. The summed E-state index contributed by atoms with van der Waals surface area (Å²) in [5.74, 6) is -3.68. The highest BCUT2D eigenvalue weighted by molar-refractivity contribution is 5.72. The van der Waals surface area contributed by atoms with Crippen LogP contribution in [0.2, 0.25) is 0 Å². The summed E-state index contributed by atoms with van der Waals surface area (Å²) in [6, 6.07) is 0. The van der Waals surface area contributed by atoms with E-state index >= 15 is 0 Å². The molecule has 0 bridgehead atoms. The number of hydrogen-bond donors (Lipinski definition) is 1. The Kier molecular flexibility index (Phi) is 4.78. The van der Waals surface area contributed by atoms with E-state index in [0.29, 0.717) is 12.8 Å². The highest BCUT2D eigenvalue weighted by Crippen LogP contribution is 2.42. The number of aliphatic hydroxyl groups is 1. The molecule has 114 valence electrons. The van der Waals surface area contributed by atoms with E-state index in [1.54, 1.807) is 0 Å². The van der Waals surface area contributed by atoms with Crippen LogP contribution in [-0.2, 0) is 9.53 Å². The Morgan fingerprint density at radius 3 is 2.90 bits per heavy atom. The van der Waals surface area contributed by atoms with E-state index in [1.165, 1.54) is 6.08 Å². The predicted molar refractivity (Wildman–Crippen MR) is 70.3 cm³/mol. The largest absolute Gasteiger partial charge is 0.462 e. The summed E-state index contributed by atoms with van der Waals surface area (Å²) in [7, 11) is 0. The minimum atomic E-state index is -2.84. The number of fused-ring (bicyclic) bond motifs is 1. The number of halogens is 2. The number of carbonyl (C=O) groups excluding carboxylic acids is 1. The molecule has 1 aliphatic carbocycles. The maximum Gasteiger partial charge on any atom is 0.306 e. The van der Waals surface area contributed by atoms with Gasteiger partial charge in [-0.1, -0.05) is 25.8 Å². The third-order valence-corrected chi connectivity index (χ3v) is 4.25. The van der Waals surface area contributed by atoms with Crippen molar-refractivity contribution >= 4 is 5.97 Å². The first kappa shape index (κ1) is 15.4. The van der Waals surface area contributed by atoms with E-state index in [4.69, 9.17) is 4.74 Å². The second kappa shape index (κ2) is 6.20. The smallest absolute Gasteiger partial charge is 0.306 e. The Balaban J connectivity index is 1.94. The van der Waals surface area contributed by atoms with E-state index < -0.39 is 17.9 Å². The fourth-order valence-corrected chi connectivity index (χ4v) is 3.13. The molecule has 0 amide bonds. The number of ether oxygens (including phenoxy) is 1. The summed E-state index contributed by atoms with van der Waals surface area (Å²) in [5.41, 5.74) is 0. The summed E-state index contributed by atoms with van der Waals surface area (Å²) in [6.45, 7) is 1.97. The molecule has 0 unspecified atom stereocenters. The lowest BCUT2D eigenvalue weighted by Gasteiger charge is -2.17. The Morgan fingerprint density at radius 1 is 1.45 bits per heavy atom. The van der Waals surface area contributed by atoms with Crippen LogP contribution in [0.1, 0.15) is 45.4 Å². The molecule has 0 aromatic carbocycles. The van der Waals surface area contributed by atoms with Crippen molar-refractivity contribution in [1.82, 2.24) is 0 Å². The Morgan fingerprint density at radius 2 is 2.20 bits per heavy atom. The minimum absolute atomic E-state index is 0.153. The lowest BCUT2D eigenvalue weighted by atomic mass is 9.91. The summed E-state index contributed by atoms with van der Waals surface area (Å²) < 4.78 is 32.4. The average molecular weight is 288 g/mol. The summed E-state index contributed by atoms with van der Waals surface area (Å²) in [6.07, 6.45) is 3.91. The first-order chi connectivity index (χ1) is 9.43. The van der Waals surface area contributed by atoms with Gasteiger partial charge in [-0.15, -0.1) is 0 Å². The second-order valence-corrected chi connectivity index (χ2v) is 5.85. The van der Waals surface area contributed by atoms with Gasteiger partial charge in [0.05, 0.1) is 12.5 Å². The summed E-state index contributed by atoms with van der Waals surface area (Å²) in [5, 5.41) is 9.90. The zero-order valence-electron chi connectivity index (χ0n) is 11.7. The first-order valence-corrected chi connectivity index (χ1v) is 7.37. The maximum atomic E-state index is 13.7. The van der Waals surface area contributed by atoms with Crippen molar-refractivity contribution in [2.24, 2.45) is 11.8 Å². The van der Waals surface area contributed by atoms with Gasteiger partial charge in [-0.2, -0.15) is 0 Å². The number of rotatable bonds is 6. The van der Waals surface area contributed by atoms with Gasteiger partial charge in [0.2, 0.25) is 0 Å². The van der Waals surface area contributed by atoms with Crippen LogP contribution in [0.15, 0.2) is 12.2 Å². The number of allylic oxidation sites excluding steroid dienone is 1. The normalized spacial score (nSPS) is 33.7. The van der Waals surface area contributed by atoms with Crippen LogP contribution < -0.4 is 0 Å². The lowest BCUT2D eigenvalue weighted by molar-refractivity contribution is -0.141. The summed E-state index contributed by atoms with van der Waals surface area (Å²) >= 11 is 0. The van der Waals surface area contributed by atoms with Crippen molar-refractivity contribution in [2.45, 2.75) is 63.6 Å². The second-order valence-electron chi connectivity index (χ2n) is 5.85. The van der Waals surface area contributed by atoms with Crippen LogP contribution in [-0.4, -0.2) is 29.2 Å². The standard InChI is InChI=1S/C15H22F2O3/c1-2-3-4-6-15(16,17)7-5-10-11-8-14(19)20-13(11)9-12(10)18/h5,7,10-13,18H,2-4,6,8-9H2,1H3/b7-5+/t10-,11-,12-,13+/m1/s1. The molecule has 1 N–H and O–H groups in total. The highest BCUT2D eigenvalue weighted by Gasteiger charge is 2.48. The van der Waals surface area contributed by atoms with Gasteiger partial charge in [0.25, 0.3) is 5.92 Å². The molecule has 3 nitrogen and oxygen atoms in total. The Labute approximate surface area is 118 Å². The molecule has 0 aromatic rings. The van der Waals surface area contributed by atoms with Gasteiger partial charge in [0.15, 0.2) is 0 Å². The topological polar surface area (TPSA) is 46.5 Å². The number of carbonyl (C=O) groups is 1. The molecule has 0 radical (unpaired) electrons. The third kappa shape index (κ3) is 3.57. The van der Waals surface area contributed by atoms with Crippen molar-refractivity contribution in [3.63, 3.8) is 0 Å². The molecule has 20 heavy (non-hydrogen) atoms. The van der Waals surface area contributed by atoms with E-state index in [2.05, 4.69) is 0 Å². The molecule has 1 heterocycles. The SMILES string of the molecule is CCCCCC(F)(F)/C=C/[C@@H]1[C@H]2CC(=O)O[C@H]2C[C@H]1O. The molecule has 0 spiro atoms. The fourth-order valence-electron chi connectivity index (χ4n) is 3.13. The quantitative estimate of drug-likeness (QED) is 0.464. The molecule has 2 fully saturated rings. The van der Waals surface area contributed by atoms with Crippen LogP contribution >= 0.6 is 0 Å². The minimum Gasteiger partial charge on any atom is -0.462 e. The third-order valence-electron chi connectivity index (χ3n) is 4.25. The first-order valence-electron chi connectivity index (χ1n) is 7.37. The number of unbranched alkanes of at least 4 members (excludes halogenated alkanes) is 2. The molecule has 0 aromatic heterocycles. The predicted octanol–water partition coefficient (Wildman–Crippen LogP) is 3.07. The van der Waals surface area contributed by atoms with Crippen molar-refractivity contribution in [2.75, 3.05) is 0 Å². The van der Waals surface area contributed by atoms with Crippen molar-refractivity contribution in [1.29, 1.82) is 0 Å². The van der Waals surface area contributed by atoms with Crippen LogP contribution in [0.5, 0.6) is 0 Å². The van der Waals surface area contributed by atoms with Crippen LogP contribution in [0.25, 0.3) is 0 Å². The van der Waals surface area contributed by atoms with Crippen molar-refractivity contribution < 1.29 is 23.4 Å². The molecular formula is C15H22F2O3. The van der Waals surface area contributed by atoms with Crippen LogP contribution in [0, 0.1) is 11.8 Å². The molecule has 1 saturated heterocycles. The maximum absolute atomic E-state index is 13.7. The lowest BCUT2D eigenvalue weighted by Crippen LogP contribution is -2.20.